The van der Waals surface area contributed by atoms with Crippen molar-refractivity contribution in [3.63, 3.8) is 0 Å². The molecule has 1 aromatic heterocycles. The minimum Gasteiger partial charge on any atom is -0.461 e. The first-order chi connectivity index (χ1) is 6.69. The molecule has 6 heteroatoms. The molecule has 76 valence electrons. The van der Waals surface area contributed by atoms with Gasteiger partial charge in [0.05, 0.1) is 12.8 Å². The minimum absolute atomic E-state index is 0.0698. The summed E-state index contributed by atoms with van der Waals surface area (Å²) in [4.78, 5) is 19.2. The zero-order chi connectivity index (χ0) is 10.6. The van der Waals surface area contributed by atoms with Crippen molar-refractivity contribution in [3.8, 4) is 0 Å². The first-order valence-corrected chi connectivity index (χ1v) is 5.53. The summed E-state index contributed by atoms with van der Waals surface area (Å²) in [7, 11) is 0. The van der Waals surface area contributed by atoms with E-state index in [1.54, 1.807) is 6.92 Å². The summed E-state index contributed by atoms with van der Waals surface area (Å²) in [5.41, 5.74) is 0.0698. The Morgan fingerprint density at radius 2 is 2.43 bits per heavy atom. The predicted molar refractivity (Wildman–Crippen MR) is 54.8 cm³/mol. The van der Waals surface area contributed by atoms with Crippen LogP contribution in [0.4, 0.5) is 0 Å². The van der Waals surface area contributed by atoms with Crippen molar-refractivity contribution in [2.75, 3.05) is 12.9 Å². The van der Waals surface area contributed by atoms with Gasteiger partial charge in [-0.2, -0.15) is 0 Å². The van der Waals surface area contributed by atoms with Gasteiger partial charge in [0.25, 0.3) is 0 Å². The van der Waals surface area contributed by atoms with Crippen molar-refractivity contribution in [1.29, 1.82) is 0 Å². The highest BCUT2D eigenvalue weighted by Crippen LogP contribution is 2.16. The normalized spacial score (nSPS) is 9.93. The smallest absolute Gasteiger partial charge is 0.360 e. The lowest BCUT2D eigenvalue weighted by atomic mass is 10.4. The fourth-order valence-corrected chi connectivity index (χ4v) is 1.29. The zero-order valence-corrected chi connectivity index (χ0v) is 9.35. The van der Waals surface area contributed by atoms with Gasteiger partial charge in [-0.3, -0.25) is 0 Å². The first-order valence-electron chi connectivity index (χ1n) is 3.92. The van der Waals surface area contributed by atoms with Crippen molar-refractivity contribution in [2.45, 2.75) is 11.9 Å². The molecule has 0 saturated heterocycles. The lowest BCUT2D eigenvalue weighted by Gasteiger charge is -2.03. The van der Waals surface area contributed by atoms with Crippen LogP contribution in [0.3, 0.4) is 0 Å². The van der Waals surface area contributed by atoms with E-state index in [1.807, 2.05) is 6.26 Å². The second-order valence-corrected chi connectivity index (χ2v) is 3.46. The van der Waals surface area contributed by atoms with E-state index >= 15 is 0 Å². The Balaban J connectivity index is 2.99. The number of thioether (sulfide) groups is 1. The molecule has 0 bridgehead atoms. The van der Waals surface area contributed by atoms with Crippen LogP contribution >= 0.6 is 23.4 Å². The zero-order valence-electron chi connectivity index (χ0n) is 7.78. The third-order valence-electron chi connectivity index (χ3n) is 1.38. The number of carbonyl (C=O) groups excluding carboxylic acids is 1. The Labute approximate surface area is 91.0 Å². The lowest BCUT2D eigenvalue weighted by Crippen LogP contribution is -2.09. The molecule has 0 aliphatic heterocycles. The second kappa shape index (κ2) is 5.17. The summed E-state index contributed by atoms with van der Waals surface area (Å²) >= 11 is 7.09. The van der Waals surface area contributed by atoms with Crippen LogP contribution in [0.2, 0.25) is 5.15 Å². The third-order valence-corrected chi connectivity index (χ3v) is 2.28. The third kappa shape index (κ3) is 2.59. The number of hydrogen-bond acceptors (Lipinski definition) is 5. The highest BCUT2D eigenvalue weighted by atomic mass is 35.5. The molecule has 14 heavy (non-hydrogen) atoms. The average Bonchev–Trinajstić information content (AvgIpc) is 2.19. The molecule has 0 amide bonds. The van der Waals surface area contributed by atoms with E-state index in [0.29, 0.717) is 11.6 Å². The van der Waals surface area contributed by atoms with Crippen molar-refractivity contribution < 1.29 is 9.53 Å². The van der Waals surface area contributed by atoms with E-state index in [9.17, 15) is 4.79 Å². The molecule has 1 rings (SSSR count). The van der Waals surface area contributed by atoms with Gasteiger partial charge in [-0.15, -0.1) is 11.8 Å². The van der Waals surface area contributed by atoms with Gasteiger partial charge in [-0.05, 0) is 13.2 Å². The number of halogens is 1. The van der Waals surface area contributed by atoms with Crippen LogP contribution in [0.5, 0.6) is 0 Å². The van der Waals surface area contributed by atoms with E-state index in [4.69, 9.17) is 16.3 Å². The van der Waals surface area contributed by atoms with Gasteiger partial charge in [0.15, 0.2) is 10.8 Å². The number of esters is 1. The van der Waals surface area contributed by atoms with Gasteiger partial charge in [0.2, 0.25) is 0 Å². The van der Waals surface area contributed by atoms with Crippen LogP contribution in [0.15, 0.2) is 11.2 Å². The molecule has 0 saturated carbocycles. The van der Waals surface area contributed by atoms with Crippen molar-refractivity contribution in [3.05, 3.63) is 17.0 Å². The highest BCUT2D eigenvalue weighted by molar-refractivity contribution is 7.98. The monoisotopic (exact) mass is 232 g/mol. The van der Waals surface area contributed by atoms with Gasteiger partial charge in [0.1, 0.15) is 5.03 Å². The summed E-state index contributed by atoms with van der Waals surface area (Å²) in [5, 5.41) is 0.707. The Hall–Kier alpha value is -0.810. The number of nitrogens with zero attached hydrogens (tertiary/aromatic N) is 2. The van der Waals surface area contributed by atoms with Gasteiger partial charge in [-0.1, -0.05) is 11.6 Å². The molecule has 1 heterocycles. The van der Waals surface area contributed by atoms with E-state index in [2.05, 4.69) is 9.97 Å². The summed E-state index contributed by atoms with van der Waals surface area (Å²) in [6.07, 6.45) is 3.35. The van der Waals surface area contributed by atoms with Crippen molar-refractivity contribution in [2.24, 2.45) is 0 Å². The molecule has 0 N–H and O–H groups in total. The summed E-state index contributed by atoms with van der Waals surface area (Å²) < 4.78 is 4.77. The molecule has 0 aromatic carbocycles. The Morgan fingerprint density at radius 1 is 1.71 bits per heavy atom. The van der Waals surface area contributed by atoms with Crippen LogP contribution in [-0.2, 0) is 4.74 Å². The second-order valence-electron chi connectivity index (χ2n) is 2.27. The predicted octanol–water partition coefficient (Wildman–Crippen LogP) is 2.03. The van der Waals surface area contributed by atoms with E-state index in [-0.39, 0.29) is 10.8 Å². The van der Waals surface area contributed by atoms with Gasteiger partial charge in [-0.25, -0.2) is 14.8 Å². The maximum Gasteiger partial charge on any atom is 0.360 e. The van der Waals surface area contributed by atoms with Crippen LogP contribution in [0, 0.1) is 0 Å². The molecule has 0 unspecified atom stereocenters. The molecule has 0 radical (unpaired) electrons. The molecular weight excluding hydrogens is 224 g/mol. The SMILES string of the molecule is CCOC(=O)c1nc(SC)cnc1Cl. The summed E-state index contributed by atoms with van der Waals surface area (Å²) in [6, 6.07) is 0. The number of carbonyl (C=O) groups is 1. The van der Waals surface area contributed by atoms with Gasteiger partial charge < -0.3 is 4.74 Å². The largest absolute Gasteiger partial charge is 0.461 e. The molecule has 0 aliphatic carbocycles. The van der Waals surface area contributed by atoms with E-state index < -0.39 is 5.97 Å². The van der Waals surface area contributed by atoms with Crippen LogP contribution in [0.25, 0.3) is 0 Å². The van der Waals surface area contributed by atoms with Crippen molar-refractivity contribution in [1.82, 2.24) is 9.97 Å². The van der Waals surface area contributed by atoms with Gasteiger partial charge in [0, 0.05) is 0 Å². The Bertz CT molecular complexity index is 346. The van der Waals surface area contributed by atoms with E-state index in [1.165, 1.54) is 18.0 Å². The fraction of sp³-hybridized carbons (Fsp3) is 0.375. The Kier molecular flexibility index (Phi) is 4.16. The van der Waals surface area contributed by atoms with Crippen molar-refractivity contribution >= 4 is 29.3 Å². The Morgan fingerprint density at radius 3 is 3.00 bits per heavy atom. The van der Waals surface area contributed by atoms with Crippen LogP contribution in [-0.4, -0.2) is 28.8 Å². The standard InChI is InChI=1S/C8H9ClN2O2S/c1-3-13-8(12)6-7(9)10-4-5(11-6)14-2/h4H,3H2,1-2H3. The van der Waals surface area contributed by atoms with E-state index in [0.717, 1.165) is 0 Å². The first kappa shape index (κ1) is 11.3. The molecule has 0 fully saturated rings. The number of rotatable bonds is 3. The fourth-order valence-electron chi connectivity index (χ4n) is 0.786. The number of aromatic nitrogens is 2. The quantitative estimate of drug-likeness (QED) is 0.590. The lowest BCUT2D eigenvalue weighted by molar-refractivity contribution is 0.0518. The molecule has 0 aliphatic rings. The van der Waals surface area contributed by atoms with Crippen LogP contribution in [0.1, 0.15) is 17.4 Å². The topological polar surface area (TPSA) is 52.1 Å². The number of hydrogen-bond donors (Lipinski definition) is 0. The summed E-state index contributed by atoms with van der Waals surface area (Å²) in [5.74, 6) is -0.541. The van der Waals surface area contributed by atoms with Gasteiger partial charge >= 0.3 is 5.97 Å². The molecule has 4 nitrogen and oxygen atoms in total. The highest BCUT2D eigenvalue weighted by Gasteiger charge is 2.15. The molecule has 1 aromatic rings. The average molecular weight is 233 g/mol. The minimum atomic E-state index is -0.541. The molecule has 0 spiro atoms. The summed E-state index contributed by atoms with van der Waals surface area (Å²) in [6.45, 7) is 2.01. The number of ether oxygens (including phenoxy) is 1. The maximum absolute atomic E-state index is 11.3. The van der Waals surface area contributed by atoms with Crippen LogP contribution < -0.4 is 0 Å². The maximum atomic E-state index is 11.3. The molecule has 0 atom stereocenters. The molecular formula is C8H9ClN2O2S.